The van der Waals surface area contributed by atoms with Crippen molar-refractivity contribution in [2.75, 3.05) is 18.5 Å². The molecule has 0 bridgehead atoms. The molecule has 0 saturated carbocycles. The average Bonchev–Trinajstić information content (AvgIpc) is 2.67. The molecule has 0 spiro atoms. The largest absolute Gasteiger partial charge is 0.373 e. The van der Waals surface area contributed by atoms with Gasteiger partial charge in [-0.1, -0.05) is 0 Å². The molecule has 0 unspecified atom stereocenters. The van der Waals surface area contributed by atoms with Crippen LogP contribution in [0.4, 0.5) is 5.69 Å². The molecule has 1 heterocycles. The number of aromatic nitrogens is 2. The van der Waals surface area contributed by atoms with Crippen LogP contribution in [0.1, 0.15) is 6.42 Å². The van der Waals surface area contributed by atoms with E-state index in [1.54, 1.807) is 0 Å². The van der Waals surface area contributed by atoms with Crippen molar-refractivity contribution >= 4 is 16.7 Å². The van der Waals surface area contributed by atoms with Crippen LogP contribution in [0.2, 0.25) is 0 Å². The predicted octanol–water partition coefficient (Wildman–Crippen LogP) is 1.92. The molecule has 4 heteroatoms. The molecule has 0 radical (unpaired) electrons. The van der Waals surface area contributed by atoms with Gasteiger partial charge in [0, 0.05) is 26.3 Å². The van der Waals surface area contributed by atoms with Crippen molar-refractivity contribution in [1.82, 2.24) is 9.55 Å². The van der Waals surface area contributed by atoms with E-state index in [0.29, 0.717) is 6.42 Å². The Hall–Kier alpha value is -2.02. The summed E-state index contributed by atoms with van der Waals surface area (Å²) in [6.07, 6.45) is 2.35. The van der Waals surface area contributed by atoms with Crippen LogP contribution in [-0.2, 0) is 7.05 Å². The van der Waals surface area contributed by atoms with Gasteiger partial charge in [0.05, 0.1) is 29.9 Å². The van der Waals surface area contributed by atoms with Gasteiger partial charge in [0.2, 0.25) is 0 Å². The highest BCUT2D eigenvalue weighted by molar-refractivity contribution is 5.79. The van der Waals surface area contributed by atoms with Gasteiger partial charge in [0.15, 0.2) is 0 Å². The molecule has 0 fully saturated rings. The zero-order valence-corrected chi connectivity index (χ0v) is 9.51. The number of hydrogen-bond acceptors (Lipinski definition) is 3. The monoisotopic (exact) mass is 214 g/mol. The van der Waals surface area contributed by atoms with Crippen molar-refractivity contribution < 1.29 is 0 Å². The Balaban J connectivity index is 2.29. The first-order valence-electron chi connectivity index (χ1n) is 5.21. The van der Waals surface area contributed by atoms with E-state index in [1.807, 2.05) is 31.1 Å². The summed E-state index contributed by atoms with van der Waals surface area (Å²) in [6.45, 7) is 0.745. The highest BCUT2D eigenvalue weighted by atomic mass is 15.1. The lowest BCUT2D eigenvalue weighted by Crippen LogP contribution is -2.17. The summed E-state index contributed by atoms with van der Waals surface area (Å²) in [6, 6.07) is 8.31. The fourth-order valence-electron chi connectivity index (χ4n) is 1.71. The molecule has 1 aromatic heterocycles. The molecule has 0 aliphatic carbocycles. The first-order valence-corrected chi connectivity index (χ1v) is 5.21. The lowest BCUT2D eigenvalue weighted by molar-refractivity contribution is 0.906. The minimum absolute atomic E-state index is 0.538. The Kier molecular flexibility index (Phi) is 2.78. The van der Waals surface area contributed by atoms with Crippen LogP contribution >= 0.6 is 0 Å². The van der Waals surface area contributed by atoms with Gasteiger partial charge >= 0.3 is 0 Å². The fraction of sp³-hybridized carbons (Fsp3) is 0.333. The molecule has 2 rings (SSSR count). The van der Waals surface area contributed by atoms with E-state index in [2.05, 4.69) is 28.1 Å². The third-order valence-corrected chi connectivity index (χ3v) is 2.71. The van der Waals surface area contributed by atoms with E-state index in [1.165, 1.54) is 0 Å². The van der Waals surface area contributed by atoms with Gasteiger partial charge in [-0.2, -0.15) is 5.26 Å². The molecule has 0 saturated heterocycles. The fourth-order valence-corrected chi connectivity index (χ4v) is 1.71. The molecule has 0 amide bonds. The van der Waals surface area contributed by atoms with Gasteiger partial charge in [-0.25, -0.2) is 4.98 Å². The highest BCUT2D eigenvalue weighted by Crippen LogP contribution is 2.19. The second-order valence-electron chi connectivity index (χ2n) is 3.86. The maximum Gasteiger partial charge on any atom is 0.0955 e. The number of aryl methyl sites for hydroxylation is 1. The summed E-state index contributed by atoms with van der Waals surface area (Å²) in [5, 5.41) is 8.54. The number of imidazole rings is 1. The van der Waals surface area contributed by atoms with Crippen molar-refractivity contribution in [3.63, 3.8) is 0 Å². The normalized spacial score (nSPS) is 10.3. The van der Waals surface area contributed by atoms with Crippen molar-refractivity contribution in [3.05, 3.63) is 24.5 Å². The summed E-state index contributed by atoms with van der Waals surface area (Å²) < 4.78 is 1.99. The van der Waals surface area contributed by atoms with Gasteiger partial charge in [-0.3, -0.25) is 0 Å². The van der Waals surface area contributed by atoms with Gasteiger partial charge in [0.25, 0.3) is 0 Å². The number of hydrogen-bond donors (Lipinski definition) is 0. The number of benzene rings is 1. The van der Waals surface area contributed by atoms with Crippen LogP contribution in [0.3, 0.4) is 0 Å². The van der Waals surface area contributed by atoms with E-state index in [4.69, 9.17) is 5.26 Å². The molecular weight excluding hydrogens is 200 g/mol. The Labute approximate surface area is 94.7 Å². The third-order valence-electron chi connectivity index (χ3n) is 2.71. The molecule has 82 valence electrons. The van der Waals surface area contributed by atoms with Gasteiger partial charge in [0.1, 0.15) is 0 Å². The Bertz CT molecular complexity index is 535. The summed E-state index contributed by atoms with van der Waals surface area (Å²) >= 11 is 0. The Morgan fingerprint density at radius 3 is 3.06 bits per heavy atom. The predicted molar refractivity (Wildman–Crippen MR) is 64.2 cm³/mol. The Morgan fingerprint density at radius 1 is 1.50 bits per heavy atom. The average molecular weight is 214 g/mol. The van der Waals surface area contributed by atoms with Gasteiger partial charge in [-0.15, -0.1) is 0 Å². The van der Waals surface area contributed by atoms with Gasteiger partial charge < -0.3 is 9.47 Å². The zero-order valence-electron chi connectivity index (χ0n) is 9.51. The molecular formula is C12H14N4. The first kappa shape index (κ1) is 10.5. The topological polar surface area (TPSA) is 44.9 Å². The third kappa shape index (κ3) is 1.84. The smallest absolute Gasteiger partial charge is 0.0955 e. The van der Waals surface area contributed by atoms with Crippen LogP contribution in [0.15, 0.2) is 24.5 Å². The Morgan fingerprint density at radius 2 is 2.31 bits per heavy atom. The lowest BCUT2D eigenvalue weighted by atomic mass is 10.2. The van der Waals surface area contributed by atoms with Crippen LogP contribution in [0, 0.1) is 11.3 Å². The lowest BCUT2D eigenvalue weighted by Gasteiger charge is -2.17. The molecule has 16 heavy (non-hydrogen) atoms. The molecule has 0 aliphatic heterocycles. The van der Waals surface area contributed by atoms with Crippen LogP contribution in [0.25, 0.3) is 11.0 Å². The minimum atomic E-state index is 0.538. The van der Waals surface area contributed by atoms with Crippen molar-refractivity contribution in [2.24, 2.45) is 7.05 Å². The van der Waals surface area contributed by atoms with E-state index in [0.717, 1.165) is 23.3 Å². The van der Waals surface area contributed by atoms with Crippen molar-refractivity contribution in [2.45, 2.75) is 6.42 Å². The molecule has 0 aliphatic rings. The van der Waals surface area contributed by atoms with E-state index < -0.39 is 0 Å². The minimum Gasteiger partial charge on any atom is -0.373 e. The molecule has 0 N–H and O–H groups in total. The molecule has 0 atom stereocenters. The number of anilines is 1. The standard InChI is InChI=1S/C12H14N4/c1-15(7-3-6-13)10-4-5-12-11(8-10)14-9-16(12)2/h4-5,8-9H,3,7H2,1-2H3. The zero-order chi connectivity index (χ0) is 11.5. The SMILES string of the molecule is CN(CCC#N)c1ccc2c(c1)ncn2C. The van der Waals surface area contributed by atoms with Crippen molar-refractivity contribution in [1.29, 1.82) is 5.26 Å². The number of nitrogens with zero attached hydrogens (tertiary/aromatic N) is 4. The van der Waals surface area contributed by atoms with E-state index >= 15 is 0 Å². The van der Waals surface area contributed by atoms with E-state index in [9.17, 15) is 0 Å². The van der Waals surface area contributed by atoms with Crippen LogP contribution < -0.4 is 4.90 Å². The van der Waals surface area contributed by atoms with Crippen LogP contribution in [0.5, 0.6) is 0 Å². The molecule has 2 aromatic rings. The van der Waals surface area contributed by atoms with Gasteiger partial charge in [-0.05, 0) is 18.2 Å². The molecule has 4 nitrogen and oxygen atoms in total. The number of rotatable bonds is 3. The summed E-state index contributed by atoms with van der Waals surface area (Å²) in [5.74, 6) is 0. The second kappa shape index (κ2) is 4.23. The quantitative estimate of drug-likeness (QED) is 0.784. The summed E-state index contributed by atoms with van der Waals surface area (Å²) in [4.78, 5) is 6.38. The number of nitriles is 1. The molecule has 1 aromatic carbocycles. The summed E-state index contributed by atoms with van der Waals surface area (Å²) in [5.41, 5.74) is 3.21. The van der Waals surface area contributed by atoms with Crippen molar-refractivity contribution in [3.8, 4) is 6.07 Å². The van der Waals surface area contributed by atoms with Crippen LogP contribution in [-0.4, -0.2) is 23.1 Å². The second-order valence-corrected chi connectivity index (χ2v) is 3.86. The maximum atomic E-state index is 8.54. The first-order chi connectivity index (χ1) is 7.72. The van der Waals surface area contributed by atoms with E-state index in [-0.39, 0.29) is 0 Å². The highest BCUT2D eigenvalue weighted by Gasteiger charge is 2.04. The summed E-state index contributed by atoms with van der Waals surface area (Å²) in [7, 11) is 3.97. The maximum absolute atomic E-state index is 8.54. The number of fused-ring (bicyclic) bond motifs is 1.